The quantitative estimate of drug-likeness (QED) is 0.570. The van der Waals surface area contributed by atoms with Crippen LogP contribution in [0.4, 0.5) is 0 Å². The Morgan fingerprint density at radius 1 is 1.33 bits per heavy atom. The van der Waals surface area contributed by atoms with Gasteiger partial charge < -0.3 is 16.0 Å². The predicted octanol–water partition coefficient (Wildman–Crippen LogP) is -0.619. The van der Waals surface area contributed by atoms with Crippen LogP contribution < -0.4 is 16.0 Å². The van der Waals surface area contributed by atoms with Crippen LogP contribution >= 0.6 is 0 Å². The lowest BCUT2D eigenvalue weighted by Crippen LogP contribution is -2.39. The lowest BCUT2D eigenvalue weighted by Gasteiger charge is -2.10. The highest BCUT2D eigenvalue weighted by Crippen LogP contribution is 2.07. The maximum absolute atomic E-state index is 11.4. The summed E-state index contributed by atoms with van der Waals surface area (Å²) in [7, 11) is 0. The second-order valence-corrected chi connectivity index (χ2v) is 3.73. The molecule has 0 aromatic carbocycles. The van der Waals surface area contributed by atoms with Crippen molar-refractivity contribution in [3.05, 3.63) is 0 Å². The van der Waals surface area contributed by atoms with Gasteiger partial charge in [0.1, 0.15) is 0 Å². The van der Waals surface area contributed by atoms with Crippen molar-refractivity contribution in [2.45, 2.75) is 32.2 Å². The van der Waals surface area contributed by atoms with Gasteiger partial charge in [-0.1, -0.05) is 0 Å². The summed E-state index contributed by atoms with van der Waals surface area (Å²) in [5.41, 5.74) is 0. The number of carbonyl (C=O) groups excluding carboxylic acids is 2. The van der Waals surface area contributed by atoms with Crippen LogP contribution in [-0.2, 0) is 9.59 Å². The molecule has 15 heavy (non-hydrogen) atoms. The molecule has 1 unspecified atom stereocenters. The summed E-state index contributed by atoms with van der Waals surface area (Å²) in [6.07, 6.45) is 2.66. The van der Waals surface area contributed by atoms with Crippen molar-refractivity contribution in [1.29, 1.82) is 0 Å². The highest BCUT2D eigenvalue weighted by Gasteiger charge is 2.17. The van der Waals surface area contributed by atoms with E-state index in [2.05, 4.69) is 16.0 Å². The van der Waals surface area contributed by atoms with Crippen molar-refractivity contribution < 1.29 is 9.59 Å². The minimum Gasteiger partial charge on any atom is -0.355 e. The lowest BCUT2D eigenvalue weighted by molar-refractivity contribution is -0.126. The number of rotatable bonds is 5. The van der Waals surface area contributed by atoms with Crippen LogP contribution in [0.1, 0.15) is 26.2 Å². The van der Waals surface area contributed by atoms with E-state index in [0.717, 1.165) is 19.4 Å². The van der Waals surface area contributed by atoms with Gasteiger partial charge in [0.15, 0.2) is 0 Å². The fourth-order valence-corrected chi connectivity index (χ4v) is 1.67. The van der Waals surface area contributed by atoms with Gasteiger partial charge in [-0.05, 0) is 26.3 Å². The molecule has 1 rings (SSSR count). The Kier molecular flexibility index (Phi) is 5.10. The van der Waals surface area contributed by atoms with Crippen LogP contribution in [0.3, 0.4) is 0 Å². The molecule has 0 spiro atoms. The van der Waals surface area contributed by atoms with E-state index in [9.17, 15) is 9.59 Å². The molecule has 5 nitrogen and oxygen atoms in total. The summed E-state index contributed by atoms with van der Waals surface area (Å²) in [6.45, 7) is 3.52. The summed E-state index contributed by atoms with van der Waals surface area (Å²) in [4.78, 5) is 22.4. The second kappa shape index (κ2) is 6.40. The molecule has 1 fully saturated rings. The Labute approximate surface area is 90.0 Å². The van der Waals surface area contributed by atoms with Crippen molar-refractivity contribution in [3.8, 4) is 0 Å². The fourth-order valence-electron chi connectivity index (χ4n) is 1.67. The van der Waals surface area contributed by atoms with Crippen LogP contribution in [-0.4, -0.2) is 37.5 Å². The highest BCUT2D eigenvalue weighted by atomic mass is 16.2. The first-order chi connectivity index (χ1) is 7.22. The third kappa shape index (κ3) is 4.78. The van der Waals surface area contributed by atoms with Crippen LogP contribution in [0, 0.1) is 0 Å². The summed E-state index contributed by atoms with van der Waals surface area (Å²) >= 11 is 0. The molecule has 0 radical (unpaired) electrons. The Morgan fingerprint density at radius 2 is 2.13 bits per heavy atom. The van der Waals surface area contributed by atoms with Crippen molar-refractivity contribution >= 4 is 11.8 Å². The number of likely N-dealkylation sites (N-methyl/N-ethyl adjacent to an activating group) is 1. The fraction of sp³-hybridized carbons (Fsp3) is 0.800. The van der Waals surface area contributed by atoms with Crippen molar-refractivity contribution in [3.63, 3.8) is 0 Å². The number of hydrogen-bond acceptors (Lipinski definition) is 3. The largest absolute Gasteiger partial charge is 0.355 e. The van der Waals surface area contributed by atoms with Gasteiger partial charge in [0.2, 0.25) is 11.8 Å². The molecule has 5 heteroatoms. The van der Waals surface area contributed by atoms with Crippen LogP contribution in [0.5, 0.6) is 0 Å². The number of nitrogens with one attached hydrogen (secondary N) is 3. The molecular weight excluding hydrogens is 194 g/mol. The van der Waals surface area contributed by atoms with Crippen LogP contribution in [0.2, 0.25) is 0 Å². The SMILES string of the molecule is CCNC(=O)CNC(=O)CC1CCCN1. The molecule has 0 bridgehead atoms. The zero-order valence-corrected chi connectivity index (χ0v) is 9.14. The minimum atomic E-state index is -0.134. The number of hydrogen-bond donors (Lipinski definition) is 3. The summed E-state index contributed by atoms with van der Waals surface area (Å²) < 4.78 is 0. The number of amides is 2. The zero-order valence-electron chi connectivity index (χ0n) is 9.14. The minimum absolute atomic E-state index is 0.0550. The molecule has 0 aromatic rings. The second-order valence-electron chi connectivity index (χ2n) is 3.73. The van der Waals surface area contributed by atoms with E-state index in [-0.39, 0.29) is 18.4 Å². The van der Waals surface area contributed by atoms with Gasteiger partial charge in [0, 0.05) is 19.0 Å². The van der Waals surface area contributed by atoms with E-state index in [1.54, 1.807) is 0 Å². The first kappa shape index (κ1) is 12.0. The van der Waals surface area contributed by atoms with Gasteiger partial charge in [-0.3, -0.25) is 9.59 Å². The average Bonchev–Trinajstić information content (AvgIpc) is 2.68. The first-order valence-electron chi connectivity index (χ1n) is 5.49. The van der Waals surface area contributed by atoms with Gasteiger partial charge in [0.05, 0.1) is 6.54 Å². The summed E-state index contributed by atoms with van der Waals surface area (Å²) in [6, 6.07) is 0.291. The van der Waals surface area contributed by atoms with Gasteiger partial charge in [-0.25, -0.2) is 0 Å². The van der Waals surface area contributed by atoms with E-state index < -0.39 is 0 Å². The molecule has 1 heterocycles. The zero-order chi connectivity index (χ0) is 11.1. The third-order valence-corrected chi connectivity index (χ3v) is 2.41. The predicted molar refractivity (Wildman–Crippen MR) is 57.3 cm³/mol. The van der Waals surface area contributed by atoms with Gasteiger partial charge in [0.25, 0.3) is 0 Å². The van der Waals surface area contributed by atoms with Crippen LogP contribution in [0.25, 0.3) is 0 Å². The van der Waals surface area contributed by atoms with Gasteiger partial charge >= 0.3 is 0 Å². The third-order valence-electron chi connectivity index (χ3n) is 2.41. The Balaban J connectivity index is 2.10. The average molecular weight is 213 g/mol. The molecule has 0 aliphatic carbocycles. The van der Waals surface area contributed by atoms with Crippen molar-refractivity contribution in [2.24, 2.45) is 0 Å². The summed E-state index contributed by atoms with van der Waals surface area (Å²) in [5.74, 6) is -0.189. The van der Waals surface area contributed by atoms with Crippen molar-refractivity contribution in [2.75, 3.05) is 19.6 Å². The summed E-state index contributed by atoms with van der Waals surface area (Å²) in [5, 5.41) is 8.47. The smallest absolute Gasteiger partial charge is 0.239 e. The molecule has 1 aliphatic rings. The van der Waals surface area contributed by atoms with Crippen molar-refractivity contribution in [1.82, 2.24) is 16.0 Å². The Morgan fingerprint density at radius 3 is 2.73 bits per heavy atom. The molecule has 1 saturated heterocycles. The van der Waals surface area contributed by atoms with E-state index in [4.69, 9.17) is 0 Å². The van der Waals surface area contributed by atoms with Crippen LogP contribution in [0.15, 0.2) is 0 Å². The number of carbonyl (C=O) groups is 2. The van der Waals surface area contributed by atoms with E-state index in [1.807, 2.05) is 6.92 Å². The monoisotopic (exact) mass is 213 g/mol. The molecule has 0 saturated carbocycles. The molecule has 2 amide bonds. The molecule has 86 valence electrons. The van der Waals surface area contributed by atoms with E-state index in [0.29, 0.717) is 19.0 Å². The molecule has 1 aliphatic heterocycles. The van der Waals surface area contributed by atoms with Gasteiger partial charge in [-0.2, -0.15) is 0 Å². The Hall–Kier alpha value is -1.10. The normalized spacial score (nSPS) is 19.9. The van der Waals surface area contributed by atoms with Gasteiger partial charge in [-0.15, -0.1) is 0 Å². The standard InChI is InChI=1S/C10H19N3O2/c1-2-11-10(15)7-13-9(14)6-8-4-3-5-12-8/h8,12H,2-7H2,1H3,(H,11,15)(H,13,14). The first-order valence-corrected chi connectivity index (χ1v) is 5.49. The Bertz CT molecular complexity index is 225. The highest BCUT2D eigenvalue weighted by molar-refractivity contribution is 5.84. The molecule has 0 aromatic heterocycles. The molecule has 1 atom stereocenters. The lowest BCUT2D eigenvalue weighted by atomic mass is 10.1. The maximum Gasteiger partial charge on any atom is 0.239 e. The molecule has 3 N–H and O–H groups in total. The topological polar surface area (TPSA) is 70.2 Å². The molecular formula is C10H19N3O2. The maximum atomic E-state index is 11.4. The van der Waals surface area contributed by atoms with E-state index in [1.165, 1.54) is 0 Å². The van der Waals surface area contributed by atoms with E-state index >= 15 is 0 Å².